The quantitative estimate of drug-likeness (QED) is 0.113. The second-order valence-corrected chi connectivity index (χ2v) is 23.0. The summed E-state index contributed by atoms with van der Waals surface area (Å²) < 4.78 is 13.0. The van der Waals surface area contributed by atoms with Crippen LogP contribution < -0.4 is 5.30 Å². The van der Waals surface area contributed by atoms with Crippen LogP contribution in [0.3, 0.4) is 0 Å². The molecule has 0 N–H and O–H groups in total. The monoisotopic (exact) mass is 907 g/mol. The zero-order chi connectivity index (χ0) is 46.3. The Bertz CT molecular complexity index is 3730. The molecule has 13 rings (SSSR count). The van der Waals surface area contributed by atoms with Gasteiger partial charge in [-0.05, 0) is 127 Å². The Hall–Kier alpha value is -7.52. The van der Waals surface area contributed by atoms with E-state index in [-0.39, 0.29) is 5.41 Å². The molecule has 2 aliphatic carbocycles. The highest BCUT2D eigenvalue weighted by Crippen LogP contribution is 2.60. The molecule has 11 aromatic rings. The summed E-state index contributed by atoms with van der Waals surface area (Å²) in [5.41, 5.74) is 10.5. The van der Waals surface area contributed by atoms with Gasteiger partial charge in [-0.15, -0.1) is 0 Å². The van der Waals surface area contributed by atoms with Crippen LogP contribution >= 0.6 is 7.14 Å². The maximum Gasteiger partial charge on any atom is 0.165 e. The summed E-state index contributed by atoms with van der Waals surface area (Å²) in [5.74, 6) is 3.31. The predicted molar refractivity (Wildman–Crippen MR) is 289 cm³/mol. The van der Waals surface area contributed by atoms with Crippen molar-refractivity contribution in [2.24, 2.45) is 11.8 Å². The smallest absolute Gasteiger partial charge is 0.165 e. The van der Waals surface area contributed by atoms with Gasteiger partial charge in [0.15, 0.2) is 17.5 Å². The van der Waals surface area contributed by atoms with Crippen LogP contribution in [-0.4, -0.2) is 28.3 Å². The summed E-state index contributed by atoms with van der Waals surface area (Å²) in [7, 11) is -2.37. The van der Waals surface area contributed by atoms with Crippen LogP contribution in [0.4, 0.5) is 0 Å². The number of fused-ring (bicyclic) bond motifs is 6. The van der Waals surface area contributed by atoms with Crippen molar-refractivity contribution < 1.29 is 4.57 Å². The van der Waals surface area contributed by atoms with Crippen molar-refractivity contribution in [3.05, 3.63) is 217 Å². The number of hydrogen-bond donors (Lipinski definition) is 0. The highest BCUT2D eigenvalue weighted by atomic mass is 31.2. The second kappa shape index (κ2) is 16.3. The van der Waals surface area contributed by atoms with Gasteiger partial charge in [0.1, 0.15) is 7.14 Å². The van der Waals surface area contributed by atoms with E-state index in [2.05, 4.69) is 176 Å². The third-order valence-corrected chi connectivity index (χ3v) is 17.1. The van der Waals surface area contributed by atoms with Gasteiger partial charge < -0.3 is 4.57 Å². The van der Waals surface area contributed by atoms with E-state index in [1.54, 1.807) is 0 Å². The first kappa shape index (κ1) is 41.7. The van der Waals surface area contributed by atoms with Crippen LogP contribution in [0.2, 0.25) is 0 Å². The van der Waals surface area contributed by atoms with Gasteiger partial charge in [0.25, 0.3) is 0 Å². The van der Waals surface area contributed by atoms with Crippen molar-refractivity contribution in [3.8, 4) is 56.4 Å². The zero-order valence-electron chi connectivity index (χ0n) is 38.8. The van der Waals surface area contributed by atoms with Crippen LogP contribution in [0.25, 0.3) is 99.5 Å². The minimum absolute atomic E-state index is 0.0809. The molecule has 0 aliphatic heterocycles. The summed E-state index contributed by atoms with van der Waals surface area (Å²) in [6.45, 7) is 3.68. The van der Waals surface area contributed by atoms with E-state index < -0.39 is 7.14 Å². The zero-order valence-corrected chi connectivity index (χ0v) is 39.7. The van der Waals surface area contributed by atoms with Gasteiger partial charge in [0.2, 0.25) is 0 Å². The fourth-order valence-corrected chi connectivity index (χ4v) is 13.2. The topological polar surface area (TPSA) is 55.7 Å². The van der Waals surface area contributed by atoms with Crippen LogP contribution in [0.1, 0.15) is 36.8 Å². The molecular formula is C64H50N3OP. The van der Waals surface area contributed by atoms with Crippen LogP contribution in [0.15, 0.2) is 206 Å². The normalized spacial score (nSPS) is 17.9. The van der Waals surface area contributed by atoms with E-state index >= 15 is 0 Å². The first-order valence-corrected chi connectivity index (χ1v) is 26.9. The van der Waals surface area contributed by atoms with Gasteiger partial charge in [-0.2, -0.15) is 0 Å². The Morgan fingerprint density at radius 2 is 0.841 bits per heavy atom. The molecule has 1 aromatic heterocycles. The molecule has 0 amide bonds. The minimum atomic E-state index is -2.37. The second-order valence-electron chi connectivity index (χ2n) is 19.8. The summed E-state index contributed by atoms with van der Waals surface area (Å²) in [6, 6.07) is 74.6. The fourth-order valence-electron chi connectivity index (χ4n) is 12.4. The Kier molecular flexibility index (Phi) is 9.86. The molecule has 2 aliphatic rings. The average Bonchev–Trinajstić information content (AvgIpc) is 4.03. The molecule has 332 valence electrons. The van der Waals surface area contributed by atoms with Gasteiger partial charge >= 0.3 is 0 Å². The molecule has 0 radical (unpaired) electrons. The molecule has 4 nitrogen and oxygen atoms in total. The van der Waals surface area contributed by atoms with E-state index in [1.165, 1.54) is 68.6 Å². The van der Waals surface area contributed by atoms with E-state index in [1.807, 2.05) is 43.7 Å². The van der Waals surface area contributed by atoms with Crippen molar-refractivity contribution in [2.75, 3.05) is 13.3 Å². The molecule has 3 unspecified atom stereocenters. The number of nitrogens with zero attached hydrogens (tertiary/aromatic N) is 3. The van der Waals surface area contributed by atoms with Crippen LogP contribution in [0.5, 0.6) is 0 Å². The molecule has 10 aromatic carbocycles. The SMILES string of the molecule is CP(C)(=O)c1ccc(-c2c3ccccc3c(-c3ccc(C4(c5ccc(-c6nc(-c7ccccc7)nc(-c7c8ccccc8cc8ccccc78)n6)cc5)CC5CCC4C5)cc3)c3ccccc23)cc1. The summed E-state index contributed by atoms with van der Waals surface area (Å²) in [4.78, 5) is 15.7. The lowest BCUT2D eigenvalue weighted by Crippen LogP contribution is -2.34. The lowest BCUT2D eigenvalue weighted by molar-refractivity contribution is 0.320. The van der Waals surface area contributed by atoms with Crippen molar-refractivity contribution in [1.29, 1.82) is 0 Å². The van der Waals surface area contributed by atoms with Crippen LogP contribution in [0, 0.1) is 11.8 Å². The Labute approximate surface area is 403 Å². The Morgan fingerprint density at radius 1 is 0.420 bits per heavy atom. The molecule has 3 atom stereocenters. The molecule has 5 heteroatoms. The van der Waals surface area contributed by atoms with Crippen molar-refractivity contribution in [1.82, 2.24) is 15.0 Å². The maximum absolute atomic E-state index is 13.0. The van der Waals surface area contributed by atoms with E-state index in [4.69, 9.17) is 15.0 Å². The summed E-state index contributed by atoms with van der Waals surface area (Å²) in [6.07, 6.45) is 4.98. The summed E-state index contributed by atoms with van der Waals surface area (Å²) >= 11 is 0. The lowest BCUT2D eigenvalue weighted by atomic mass is 9.64. The largest absolute Gasteiger partial charge is 0.319 e. The van der Waals surface area contributed by atoms with Crippen molar-refractivity contribution in [3.63, 3.8) is 0 Å². The molecule has 69 heavy (non-hydrogen) atoms. The van der Waals surface area contributed by atoms with Crippen molar-refractivity contribution in [2.45, 2.75) is 31.1 Å². The minimum Gasteiger partial charge on any atom is -0.319 e. The number of rotatable bonds is 8. The Morgan fingerprint density at radius 3 is 1.30 bits per heavy atom. The molecule has 2 bridgehead atoms. The summed E-state index contributed by atoms with van der Waals surface area (Å²) in [5, 5.41) is 10.4. The first-order valence-electron chi connectivity index (χ1n) is 24.3. The van der Waals surface area contributed by atoms with Gasteiger partial charge in [-0.3, -0.25) is 0 Å². The number of hydrogen-bond acceptors (Lipinski definition) is 4. The first-order chi connectivity index (χ1) is 33.8. The number of benzene rings is 10. The molecule has 0 spiro atoms. The highest BCUT2D eigenvalue weighted by molar-refractivity contribution is 7.70. The predicted octanol–water partition coefficient (Wildman–Crippen LogP) is 16.2. The Balaban J connectivity index is 0.912. The maximum atomic E-state index is 13.0. The van der Waals surface area contributed by atoms with E-state index in [0.717, 1.165) is 61.4 Å². The standard InChI is InChI=1S/C64H50N3OP/c1-69(2,68)51-36-29-43(30-37-51)59-56-22-12-10-20-54(56)58(55-21-11-13-23-57(55)59)42-25-32-48(33-26-42)64(40-41-24-31-50(64)38-41)49-34-27-45(28-35-49)62-65-61(44-14-4-3-5-15-44)66-63(67-62)60-52-18-8-6-16-46(52)39-47-17-7-9-19-53(47)60/h3-23,25-30,32-37,39,41,50H,24,31,38,40H2,1-2H3. The highest BCUT2D eigenvalue weighted by Gasteiger charge is 2.52. The molecule has 2 saturated carbocycles. The van der Waals surface area contributed by atoms with Gasteiger partial charge in [-0.1, -0.05) is 207 Å². The van der Waals surface area contributed by atoms with Crippen LogP contribution in [-0.2, 0) is 9.98 Å². The average molecular weight is 908 g/mol. The fraction of sp³-hybridized carbons (Fsp3) is 0.141. The molecular weight excluding hydrogens is 858 g/mol. The van der Waals surface area contributed by atoms with Gasteiger partial charge in [-0.25, -0.2) is 15.0 Å². The lowest BCUT2D eigenvalue weighted by Gasteiger charge is -2.39. The van der Waals surface area contributed by atoms with Crippen molar-refractivity contribution >= 4 is 55.5 Å². The molecule has 1 heterocycles. The molecule has 0 saturated heterocycles. The van der Waals surface area contributed by atoms with E-state index in [0.29, 0.717) is 23.4 Å². The molecule has 2 fully saturated rings. The van der Waals surface area contributed by atoms with Gasteiger partial charge in [0, 0.05) is 27.4 Å². The third kappa shape index (κ3) is 6.95. The number of aromatic nitrogens is 3. The third-order valence-electron chi connectivity index (χ3n) is 15.6. The van der Waals surface area contributed by atoms with Gasteiger partial charge in [0.05, 0.1) is 0 Å². The van der Waals surface area contributed by atoms with E-state index in [9.17, 15) is 4.57 Å².